The third-order valence-electron chi connectivity index (χ3n) is 4.92. The quantitative estimate of drug-likeness (QED) is 0.865. The van der Waals surface area contributed by atoms with Gasteiger partial charge in [-0.2, -0.15) is 0 Å². The second-order valence-corrected chi connectivity index (χ2v) is 6.84. The lowest BCUT2D eigenvalue weighted by atomic mass is 9.88. The van der Waals surface area contributed by atoms with Crippen molar-refractivity contribution in [2.24, 2.45) is 0 Å². The van der Waals surface area contributed by atoms with Crippen molar-refractivity contribution in [1.29, 1.82) is 0 Å². The number of hydrogen-bond donors (Lipinski definition) is 0. The maximum atomic E-state index is 12.9. The molecule has 0 atom stereocenters. The van der Waals surface area contributed by atoms with Crippen LogP contribution in [0.15, 0.2) is 30.3 Å². The molecule has 1 aliphatic heterocycles. The molecule has 0 spiro atoms. The number of carbonyl (C=O) groups excluding carboxylic acids is 1. The number of ether oxygens (including phenoxy) is 1. The van der Waals surface area contributed by atoms with Gasteiger partial charge in [-0.25, -0.2) is 0 Å². The standard InChI is InChI=1S/C19H24N2O2/c1-13-12-17(18(22)20-11-10-19(20,3)4)14(2)21(13)15-6-8-16(23-5)9-7-15/h6-9,12H,10-11H2,1-5H3. The second-order valence-electron chi connectivity index (χ2n) is 6.84. The minimum atomic E-state index is -0.0281. The summed E-state index contributed by atoms with van der Waals surface area (Å²) in [5.74, 6) is 0.962. The first kappa shape index (κ1) is 15.7. The third-order valence-corrected chi connectivity index (χ3v) is 4.92. The SMILES string of the molecule is COc1ccc(-n2c(C)cc(C(=O)N3CCC3(C)C)c2C)cc1. The van der Waals surface area contributed by atoms with Gasteiger partial charge in [-0.05, 0) is 64.4 Å². The highest BCUT2D eigenvalue weighted by Crippen LogP contribution is 2.33. The van der Waals surface area contributed by atoms with Gasteiger partial charge < -0.3 is 14.2 Å². The lowest BCUT2D eigenvalue weighted by Gasteiger charge is -2.48. The van der Waals surface area contributed by atoms with E-state index in [1.165, 1.54) is 0 Å². The van der Waals surface area contributed by atoms with Crippen LogP contribution in [0.25, 0.3) is 5.69 Å². The Balaban J connectivity index is 1.97. The first-order valence-electron chi connectivity index (χ1n) is 8.00. The van der Waals surface area contributed by atoms with E-state index in [0.29, 0.717) is 0 Å². The summed E-state index contributed by atoms with van der Waals surface area (Å²) in [4.78, 5) is 14.8. The van der Waals surface area contributed by atoms with Crippen LogP contribution in [0.2, 0.25) is 0 Å². The molecule has 1 amide bonds. The molecule has 1 aliphatic rings. The van der Waals surface area contributed by atoms with E-state index in [1.807, 2.05) is 49.1 Å². The number of amides is 1. The zero-order valence-corrected chi connectivity index (χ0v) is 14.5. The largest absolute Gasteiger partial charge is 0.497 e. The van der Waals surface area contributed by atoms with Crippen LogP contribution in [0.5, 0.6) is 5.75 Å². The zero-order chi connectivity index (χ0) is 16.8. The van der Waals surface area contributed by atoms with E-state index < -0.39 is 0 Å². The number of benzene rings is 1. The molecule has 3 rings (SSSR count). The Morgan fingerprint density at radius 3 is 2.30 bits per heavy atom. The summed E-state index contributed by atoms with van der Waals surface area (Å²) in [6.45, 7) is 9.14. The van der Waals surface area contributed by atoms with Crippen LogP contribution >= 0.6 is 0 Å². The van der Waals surface area contributed by atoms with Crippen LogP contribution in [0.4, 0.5) is 0 Å². The number of likely N-dealkylation sites (tertiary alicyclic amines) is 1. The van der Waals surface area contributed by atoms with Crippen molar-refractivity contribution in [3.8, 4) is 11.4 Å². The molecule has 1 aromatic carbocycles. The molecular weight excluding hydrogens is 288 g/mol. The topological polar surface area (TPSA) is 34.5 Å². The molecule has 0 unspecified atom stereocenters. The van der Waals surface area contributed by atoms with Crippen molar-refractivity contribution < 1.29 is 9.53 Å². The molecule has 4 heteroatoms. The molecule has 23 heavy (non-hydrogen) atoms. The van der Waals surface area contributed by atoms with E-state index >= 15 is 0 Å². The zero-order valence-electron chi connectivity index (χ0n) is 14.5. The molecular formula is C19H24N2O2. The predicted octanol–water partition coefficient (Wildman–Crippen LogP) is 3.73. The highest BCUT2D eigenvalue weighted by Gasteiger charge is 2.40. The average molecular weight is 312 g/mol. The molecule has 2 aromatic rings. The Bertz CT molecular complexity index is 741. The van der Waals surface area contributed by atoms with Gasteiger partial charge in [-0.1, -0.05) is 0 Å². The van der Waals surface area contributed by atoms with Gasteiger partial charge in [0, 0.05) is 29.2 Å². The fourth-order valence-electron chi connectivity index (χ4n) is 3.30. The smallest absolute Gasteiger partial charge is 0.256 e. The maximum absolute atomic E-state index is 12.9. The summed E-state index contributed by atoms with van der Waals surface area (Å²) in [5, 5.41) is 0. The molecule has 0 bridgehead atoms. The Kier molecular flexibility index (Phi) is 3.71. The highest BCUT2D eigenvalue weighted by atomic mass is 16.5. The van der Waals surface area contributed by atoms with E-state index in [1.54, 1.807) is 7.11 Å². The lowest BCUT2D eigenvalue weighted by Crippen LogP contribution is -2.58. The number of aromatic nitrogens is 1. The Morgan fingerprint density at radius 1 is 1.17 bits per heavy atom. The van der Waals surface area contributed by atoms with E-state index in [9.17, 15) is 4.79 Å². The molecule has 2 heterocycles. The summed E-state index contributed by atoms with van der Waals surface area (Å²) >= 11 is 0. The van der Waals surface area contributed by atoms with Crippen molar-refractivity contribution >= 4 is 5.91 Å². The molecule has 4 nitrogen and oxygen atoms in total. The molecule has 0 saturated carbocycles. The van der Waals surface area contributed by atoms with Gasteiger partial charge in [0.25, 0.3) is 5.91 Å². The van der Waals surface area contributed by atoms with Crippen molar-refractivity contribution in [1.82, 2.24) is 9.47 Å². The first-order chi connectivity index (χ1) is 10.8. The number of rotatable bonds is 3. The Hall–Kier alpha value is -2.23. The third kappa shape index (κ3) is 2.52. The van der Waals surface area contributed by atoms with Crippen LogP contribution in [0.1, 0.15) is 42.0 Å². The predicted molar refractivity (Wildman–Crippen MR) is 91.5 cm³/mol. The minimum absolute atomic E-state index is 0.0281. The van der Waals surface area contributed by atoms with Crippen molar-refractivity contribution in [3.63, 3.8) is 0 Å². The van der Waals surface area contributed by atoms with Crippen molar-refractivity contribution in [2.45, 2.75) is 39.7 Å². The fraction of sp³-hybridized carbons (Fsp3) is 0.421. The molecule has 1 fully saturated rings. The van der Waals surface area contributed by atoms with Crippen molar-refractivity contribution in [2.75, 3.05) is 13.7 Å². The van der Waals surface area contributed by atoms with Gasteiger partial charge in [0.15, 0.2) is 0 Å². The number of aryl methyl sites for hydroxylation is 1. The van der Waals surface area contributed by atoms with Crippen LogP contribution in [0, 0.1) is 13.8 Å². The number of methoxy groups -OCH3 is 1. The van der Waals surface area contributed by atoms with Crippen LogP contribution in [-0.4, -0.2) is 34.6 Å². The lowest BCUT2D eigenvalue weighted by molar-refractivity contribution is 0.0157. The van der Waals surface area contributed by atoms with E-state index in [0.717, 1.165) is 41.4 Å². The highest BCUT2D eigenvalue weighted by molar-refractivity contribution is 5.97. The van der Waals surface area contributed by atoms with Crippen LogP contribution < -0.4 is 4.74 Å². The first-order valence-corrected chi connectivity index (χ1v) is 8.00. The number of nitrogens with zero attached hydrogens (tertiary/aromatic N) is 2. The average Bonchev–Trinajstić information content (AvgIpc) is 2.81. The summed E-state index contributed by atoms with van der Waals surface area (Å²) < 4.78 is 7.34. The van der Waals surface area contributed by atoms with E-state index in [4.69, 9.17) is 4.74 Å². The minimum Gasteiger partial charge on any atom is -0.497 e. The van der Waals surface area contributed by atoms with Gasteiger partial charge >= 0.3 is 0 Å². The molecule has 0 N–H and O–H groups in total. The van der Waals surface area contributed by atoms with E-state index in [2.05, 4.69) is 18.4 Å². The summed E-state index contributed by atoms with van der Waals surface area (Å²) in [6, 6.07) is 9.90. The molecule has 1 saturated heterocycles. The van der Waals surface area contributed by atoms with Gasteiger partial charge in [0.1, 0.15) is 5.75 Å². The van der Waals surface area contributed by atoms with Gasteiger partial charge in [0.05, 0.1) is 12.7 Å². The summed E-state index contributed by atoms with van der Waals surface area (Å²) in [5.41, 5.74) is 3.86. The number of hydrogen-bond acceptors (Lipinski definition) is 2. The normalized spacial score (nSPS) is 16.1. The fourth-order valence-corrected chi connectivity index (χ4v) is 3.30. The Labute approximate surface area is 137 Å². The Morgan fingerprint density at radius 2 is 1.83 bits per heavy atom. The maximum Gasteiger partial charge on any atom is 0.256 e. The molecule has 122 valence electrons. The monoisotopic (exact) mass is 312 g/mol. The van der Waals surface area contributed by atoms with Crippen molar-refractivity contribution in [3.05, 3.63) is 47.3 Å². The van der Waals surface area contributed by atoms with E-state index in [-0.39, 0.29) is 11.4 Å². The summed E-state index contributed by atoms with van der Waals surface area (Å²) in [6.07, 6.45) is 1.07. The molecule has 0 aliphatic carbocycles. The molecule has 1 aromatic heterocycles. The van der Waals surface area contributed by atoms with Gasteiger partial charge in [0.2, 0.25) is 0 Å². The number of carbonyl (C=O) groups is 1. The van der Waals surface area contributed by atoms with Gasteiger partial charge in [-0.3, -0.25) is 4.79 Å². The molecule has 0 radical (unpaired) electrons. The second kappa shape index (κ2) is 5.44. The van der Waals surface area contributed by atoms with Crippen LogP contribution in [0.3, 0.4) is 0 Å². The van der Waals surface area contributed by atoms with Crippen LogP contribution in [-0.2, 0) is 0 Å². The van der Waals surface area contributed by atoms with Gasteiger partial charge in [-0.15, -0.1) is 0 Å². The summed E-state index contributed by atoms with van der Waals surface area (Å²) in [7, 11) is 1.66.